The predicted molar refractivity (Wildman–Crippen MR) is 148 cm³/mol. The summed E-state index contributed by atoms with van der Waals surface area (Å²) in [5, 5.41) is 0. The summed E-state index contributed by atoms with van der Waals surface area (Å²) < 4.78 is 2.35. The zero-order valence-corrected chi connectivity index (χ0v) is 21.7. The molecule has 1 aromatic carbocycles. The second kappa shape index (κ2) is 12.8. The lowest BCUT2D eigenvalue weighted by Gasteiger charge is -2.22. The maximum atomic E-state index is 4.50. The van der Waals surface area contributed by atoms with E-state index in [1.165, 1.54) is 33.9 Å². The Kier molecular flexibility index (Phi) is 10.2. The third-order valence-electron chi connectivity index (χ3n) is 6.01. The highest BCUT2D eigenvalue weighted by Gasteiger charge is 2.20. The van der Waals surface area contributed by atoms with Gasteiger partial charge in [-0.05, 0) is 69.9 Å². The Balaban J connectivity index is 0.00000187. The summed E-state index contributed by atoms with van der Waals surface area (Å²) in [7, 11) is 1.84. The second-order valence-electron chi connectivity index (χ2n) is 7.96. The molecule has 0 unspecified atom stereocenters. The van der Waals surface area contributed by atoms with Crippen LogP contribution in [-0.2, 0) is 0 Å². The molecule has 3 heteroatoms. The molecule has 0 radical (unpaired) electrons. The molecule has 1 aliphatic carbocycles. The standard InChI is InChI=1S/C28H35N3.C2H6/c1-7-30(8-2)25-16-13-17-26(19-25)31-22(4)27(20-29-6)28(23(31)5)21(3)18-24-14-11-9-10-12-15-24;1-2/h9-11,13-17,19-20H,3,7-8,12,18H2,1-2,4-6H3;1-2H3. The van der Waals surface area contributed by atoms with Gasteiger partial charge in [0.2, 0.25) is 0 Å². The molecule has 0 aliphatic heterocycles. The van der Waals surface area contributed by atoms with Crippen LogP contribution in [0.5, 0.6) is 0 Å². The number of benzene rings is 1. The largest absolute Gasteiger partial charge is 0.372 e. The fourth-order valence-electron chi connectivity index (χ4n) is 4.49. The van der Waals surface area contributed by atoms with Crippen LogP contribution in [-0.4, -0.2) is 30.9 Å². The Morgan fingerprint density at radius 2 is 1.85 bits per heavy atom. The first kappa shape index (κ1) is 26.2. The highest BCUT2D eigenvalue weighted by Crippen LogP contribution is 2.34. The number of rotatable bonds is 8. The van der Waals surface area contributed by atoms with E-state index in [9.17, 15) is 0 Å². The Bertz CT molecular complexity index is 1060. The fraction of sp³-hybridized carbons (Fsp3) is 0.367. The maximum Gasteiger partial charge on any atom is 0.0476 e. The Morgan fingerprint density at radius 1 is 1.12 bits per heavy atom. The molecule has 1 heterocycles. The van der Waals surface area contributed by atoms with Gasteiger partial charge < -0.3 is 9.47 Å². The number of hydrogen-bond donors (Lipinski definition) is 0. The van der Waals surface area contributed by atoms with Crippen LogP contribution in [0.1, 0.15) is 63.1 Å². The lowest BCUT2D eigenvalue weighted by Crippen LogP contribution is -2.21. The molecule has 1 aliphatic rings. The van der Waals surface area contributed by atoms with Gasteiger partial charge >= 0.3 is 0 Å². The van der Waals surface area contributed by atoms with E-state index in [0.717, 1.165) is 37.1 Å². The number of nitrogens with zero attached hydrogens (tertiary/aromatic N) is 3. The number of anilines is 1. The van der Waals surface area contributed by atoms with Gasteiger partial charge in [-0.2, -0.15) is 0 Å². The molecule has 0 saturated carbocycles. The van der Waals surface area contributed by atoms with Crippen LogP contribution in [0.4, 0.5) is 5.69 Å². The summed E-state index contributed by atoms with van der Waals surface area (Å²) in [6.45, 7) is 19.3. The van der Waals surface area contributed by atoms with E-state index in [4.69, 9.17) is 0 Å². The van der Waals surface area contributed by atoms with Crippen molar-refractivity contribution in [2.24, 2.45) is 4.99 Å². The highest BCUT2D eigenvalue weighted by atomic mass is 15.1. The van der Waals surface area contributed by atoms with Crippen molar-refractivity contribution in [3.63, 3.8) is 0 Å². The molecule has 0 fully saturated rings. The van der Waals surface area contributed by atoms with Crippen LogP contribution in [0.25, 0.3) is 11.3 Å². The highest BCUT2D eigenvalue weighted by molar-refractivity contribution is 5.91. The van der Waals surface area contributed by atoms with Crippen LogP contribution >= 0.6 is 0 Å². The molecular formula is C30H41N3. The van der Waals surface area contributed by atoms with Crippen molar-refractivity contribution in [2.45, 2.75) is 54.4 Å². The van der Waals surface area contributed by atoms with E-state index in [1.54, 1.807) is 0 Å². The van der Waals surface area contributed by atoms with Crippen molar-refractivity contribution in [1.29, 1.82) is 0 Å². The van der Waals surface area contributed by atoms with E-state index in [0.29, 0.717) is 0 Å². The Hall–Kier alpha value is -3.07. The maximum absolute atomic E-state index is 4.50. The molecule has 1 aromatic heterocycles. The van der Waals surface area contributed by atoms with Crippen LogP contribution in [0.3, 0.4) is 0 Å². The minimum atomic E-state index is 0.840. The van der Waals surface area contributed by atoms with Crippen molar-refractivity contribution in [3.05, 3.63) is 89.3 Å². The summed E-state index contributed by atoms with van der Waals surface area (Å²) in [5.41, 5.74) is 9.66. The fourth-order valence-corrected chi connectivity index (χ4v) is 4.49. The Morgan fingerprint density at radius 3 is 2.52 bits per heavy atom. The molecule has 176 valence electrons. The van der Waals surface area contributed by atoms with Gasteiger partial charge in [0.1, 0.15) is 0 Å². The first-order valence-corrected chi connectivity index (χ1v) is 12.2. The summed E-state index contributed by atoms with van der Waals surface area (Å²) in [6, 6.07) is 8.82. The molecule has 2 aromatic rings. The molecule has 3 rings (SSSR count). The predicted octanol–water partition coefficient (Wildman–Crippen LogP) is 7.86. The van der Waals surface area contributed by atoms with Gasteiger partial charge in [0.25, 0.3) is 0 Å². The molecule has 0 atom stereocenters. The van der Waals surface area contributed by atoms with Gasteiger partial charge in [-0.25, -0.2) is 0 Å². The number of aromatic nitrogens is 1. The topological polar surface area (TPSA) is 20.5 Å². The monoisotopic (exact) mass is 443 g/mol. The minimum absolute atomic E-state index is 0.840. The molecule has 0 spiro atoms. The van der Waals surface area contributed by atoms with Crippen LogP contribution < -0.4 is 4.90 Å². The number of allylic oxidation sites excluding steroid dienone is 7. The van der Waals surface area contributed by atoms with Crippen molar-refractivity contribution in [2.75, 3.05) is 25.0 Å². The van der Waals surface area contributed by atoms with E-state index < -0.39 is 0 Å². The minimum Gasteiger partial charge on any atom is -0.372 e. The summed E-state index contributed by atoms with van der Waals surface area (Å²) >= 11 is 0. The molecular weight excluding hydrogens is 402 g/mol. The summed E-state index contributed by atoms with van der Waals surface area (Å²) in [6.07, 6.45) is 14.7. The van der Waals surface area contributed by atoms with E-state index in [1.807, 2.05) is 27.1 Å². The third-order valence-corrected chi connectivity index (χ3v) is 6.01. The van der Waals surface area contributed by atoms with Crippen molar-refractivity contribution in [3.8, 4) is 5.69 Å². The second-order valence-corrected chi connectivity index (χ2v) is 7.96. The van der Waals surface area contributed by atoms with Crippen molar-refractivity contribution in [1.82, 2.24) is 4.57 Å². The van der Waals surface area contributed by atoms with Crippen molar-refractivity contribution < 1.29 is 0 Å². The van der Waals surface area contributed by atoms with Gasteiger partial charge in [-0.1, -0.05) is 56.9 Å². The normalized spacial score (nSPS) is 12.9. The van der Waals surface area contributed by atoms with Gasteiger partial charge in [-0.15, -0.1) is 0 Å². The molecule has 0 bridgehead atoms. The summed E-state index contributed by atoms with van der Waals surface area (Å²) in [5.74, 6) is 0. The first-order chi connectivity index (χ1) is 16.0. The van der Waals surface area contributed by atoms with Gasteiger partial charge in [-0.3, -0.25) is 4.99 Å². The zero-order chi connectivity index (χ0) is 24.4. The van der Waals surface area contributed by atoms with Gasteiger partial charge in [0.15, 0.2) is 0 Å². The van der Waals surface area contributed by atoms with Gasteiger partial charge in [0, 0.05) is 60.2 Å². The average Bonchev–Trinajstić information content (AvgIpc) is 2.97. The quantitative estimate of drug-likeness (QED) is 0.380. The van der Waals surface area contributed by atoms with Crippen molar-refractivity contribution >= 4 is 17.5 Å². The first-order valence-electron chi connectivity index (χ1n) is 12.2. The average molecular weight is 444 g/mol. The number of aliphatic imine (C=N–C) groups is 1. The van der Waals surface area contributed by atoms with E-state index in [2.05, 4.69) is 103 Å². The molecule has 3 nitrogen and oxygen atoms in total. The van der Waals surface area contributed by atoms with Gasteiger partial charge in [0.05, 0.1) is 0 Å². The smallest absolute Gasteiger partial charge is 0.0476 e. The van der Waals surface area contributed by atoms with Crippen LogP contribution in [0, 0.1) is 13.8 Å². The molecule has 33 heavy (non-hydrogen) atoms. The third kappa shape index (κ3) is 6.04. The van der Waals surface area contributed by atoms with E-state index >= 15 is 0 Å². The van der Waals surface area contributed by atoms with Crippen LogP contribution in [0.15, 0.2) is 71.8 Å². The molecule has 0 amide bonds. The SMILES string of the molecule is C=C(CC1=CCC=CC=C1)c1c(C=NC)c(C)n(-c2cccc(N(CC)CC)c2)c1C.CC. The van der Waals surface area contributed by atoms with Crippen LogP contribution in [0.2, 0.25) is 0 Å². The molecule has 0 N–H and O–H groups in total. The summed E-state index contributed by atoms with van der Waals surface area (Å²) in [4.78, 5) is 6.75. The molecule has 0 saturated heterocycles. The van der Waals surface area contributed by atoms with E-state index in [-0.39, 0.29) is 0 Å². The number of hydrogen-bond acceptors (Lipinski definition) is 2. The lowest BCUT2D eigenvalue weighted by atomic mass is 9.95. The Labute approximate surface area is 201 Å². The zero-order valence-electron chi connectivity index (χ0n) is 21.7. The lowest BCUT2D eigenvalue weighted by molar-refractivity contribution is 0.863.